The molecule has 0 unspecified atom stereocenters. The number of hydrogen-bond donors (Lipinski definition) is 1. The van der Waals surface area contributed by atoms with Crippen LogP contribution in [0, 0.1) is 0 Å². The Hall–Kier alpha value is -4.76. The summed E-state index contributed by atoms with van der Waals surface area (Å²) in [6.45, 7) is 11.5. The topological polar surface area (TPSA) is 41.4 Å². The van der Waals surface area contributed by atoms with Crippen LogP contribution in [0.15, 0.2) is 120 Å². The summed E-state index contributed by atoms with van der Waals surface area (Å²) in [5, 5.41) is 0. The Morgan fingerprint density at radius 2 is 1.68 bits per heavy atom. The minimum Gasteiger partial charge on any atom is -0.405 e. The predicted octanol–water partition coefficient (Wildman–Crippen LogP) is 9.68. The first-order valence-electron chi connectivity index (χ1n) is 14.4. The summed E-state index contributed by atoms with van der Waals surface area (Å²) in [6, 6.07) is 22.1. The van der Waals surface area contributed by atoms with Gasteiger partial charge < -0.3 is 5.73 Å². The lowest BCUT2D eigenvalue weighted by molar-refractivity contribution is 0.975. The molecule has 0 bridgehead atoms. The van der Waals surface area contributed by atoms with Gasteiger partial charge in [0.25, 0.3) is 0 Å². The van der Waals surface area contributed by atoms with Crippen LogP contribution in [0.3, 0.4) is 0 Å². The van der Waals surface area contributed by atoms with Gasteiger partial charge in [-0.15, -0.1) is 0 Å². The molecule has 6 rings (SSSR count). The Morgan fingerprint density at radius 3 is 2.32 bits per heavy atom. The molecular formula is C38H40N3+. The molecule has 3 aromatic rings. The molecule has 1 aliphatic carbocycles. The Kier molecular flexibility index (Phi) is 10.0. The lowest BCUT2D eigenvalue weighted by atomic mass is 9.86. The van der Waals surface area contributed by atoms with Crippen molar-refractivity contribution < 1.29 is 0 Å². The highest BCUT2D eigenvalue weighted by Gasteiger charge is 2.36. The molecule has 0 spiro atoms. The maximum atomic E-state index is 4.99. The fourth-order valence-electron chi connectivity index (χ4n) is 5.13. The highest BCUT2D eigenvalue weighted by molar-refractivity contribution is 6.03. The van der Waals surface area contributed by atoms with Crippen molar-refractivity contribution in [1.29, 1.82) is 0 Å². The monoisotopic (exact) mass is 538 g/mol. The van der Waals surface area contributed by atoms with Crippen LogP contribution < -0.4 is 10.3 Å². The number of rotatable bonds is 5. The van der Waals surface area contributed by atoms with E-state index in [9.17, 15) is 0 Å². The van der Waals surface area contributed by atoms with Gasteiger partial charge in [-0.2, -0.15) is 4.58 Å². The largest absolute Gasteiger partial charge is 0.405 e. The lowest BCUT2D eigenvalue weighted by Crippen LogP contribution is -2.08. The van der Waals surface area contributed by atoms with Crippen molar-refractivity contribution in [2.24, 2.45) is 10.7 Å². The van der Waals surface area contributed by atoms with E-state index in [0.29, 0.717) is 0 Å². The first-order valence-corrected chi connectivity index (χ1v) is 14.4. The maximum Gasteiger partial charge on any atom is 0.223 e. The van der Waals surface area contributed by atoms with Gasteiger partial charge in [-0.1, -0.05) is 92.8 Å². The summed E-state index contributed by atoms with van der Waals surface area (Å²) in [5.41, 5.74) is 18.8. The normalized spacial score (nSPS) is 15.3. The molecule has 0 amide bonds. The summed E-state index contributed by atoms with van der Waals surface area (Å²) >= 11 is 0. The van der Waals surface area contributed by atoms with Crippen molar-refractivity contribution in [1.82, 2.24) is 4.58 Å². The van der Waals surface area contributed by atoms with Crippen LogP contribution >= 0.6 is 0 Å². The number of aliphatic imine (C=N–C) groups is 1. The quantitative estimate of drug-likeness (QED) is 0.199. The minimum atomic E-state index is 0.984. The van der Waals surface area contributed by atoms with Gasteiger partial charge in [0, 0.05) is 29.5 Å². The van der Waals surface area contributed by atoms with Gasteiger partial charge in [0.1, 0.15) is 0 Å². The van der Waals surface area contributed by atoms with Gasteiger partial charge in [0.15, 0.2) is 6.21 Å². The van der Waals surface area contributed by atoms with E-state index < -0.39 is 0 Å². The van der Waals surface area contributed by atoms with E-state index in [4.69, 9.17) is 5.73 Å². The third-order valence-corrected chi connectivity index (χ3v) is 7.00. The molecule has 3 aliphatic rings. The summed E-state index contributed by atoms with van der Waals surface area (Å²) in [7, 11) is 0. The number of benzene rings is 3. The zero-order valence-electron chi connectivity index (χ0n) is 24.6. The average molecular weight is 539 g/mol. The average Bonchev–Trinajstić information content (AvgIpc) is 3.29. The molecule has 3 heteroatoms. The first kappa shape index (κ1) is 29.2. The zero-order valence-corrected chi connectivity index (χ0v) is 24.6. The van der Waals surface area contributed by atoms with Gasteiger partial charge in [-0.05, 0) is 73.9 Å². The fraction of sp³-hybridized carbons (Fsp3) is 0.158. The van der Waals surface area contributed by atoms with Crippen LogP contribution in [0.2, 0.25) is 0 Å². The van der Waals surface area contributed by atoms with Crippen molar-refractivity contribution >= 4 is 41.2 Å². The third kappa shape index (κ3) is 6.53. The second kappa shape index (κ2) is 14.0. The molecule has 41 heavy (non-hydrogen) atoms. The Morgan fingerprint density at radius 1 is 0.927 bits per heavy atom. The van der Waals surface area contributed by atoms with Crippen LogP contribution in [-0.4, -0.2) is 12.4 Å². The number of nitrogens with zero attached hydrogens (tertiary/aromatic N) is 2. The molecule has 2 heterocycles. The molecule has 0 saturated heterocycles. The molecule has 206 valence electrons. The van der Waals surface area contributed by atoms with Crippen molar-refractivity contribution in [3.63, 3.8) is 0 Å². The van der Waals surface area contributed by atoms with Gasteiger partial charge >= 0.3 is 0 Å². The molecular weight excluding hydrogens is 498 g/mol. The van der Waals surface area contributed by atoms with Crippen molar-refractivity contribution in [2.45, 2.75) is 40.5 Å². The van der Waals surface area contributed by atoms with Crippen molar-refractivity contribution in [3.05, 3.63) is 138 Å². The summed E-state index contributed by atoms with van der Waals surface area (Å²) in [5.74, 6) is 0. The number of allylic oxidation sites excluding steroid dienone is 8. The SMILES string of the molecule is C/C=C\C=C/C=[N+]1c2cc(C3=CC=N3)ccc2-c2ccc3c(c21)CCC(c1ccccc1)=C3.C=C(C)/C=C\N.CC. The summed E-state index contributed by atoms with van der Waals surface area (Å²) in [6.07, 6.45) is 22.1. The van der Waals surface area contributed by atoms with Crippen LogP contribution in [0.5, 0.6) is 0 Å². The third-order valence-electron chi connectivity index (χ3n) is 7.00. The van der Waals surface area contributed by atoms with E-state index >= 15 is 0 Å². The number of hydrogen-bond acceptors (Lipinski definition) is 2. The number of fused-ring (bicyclic) bond motifs is 5. The van der Waals surface area contributed by atoms with Crippen molar-refractivity contribution in [3.8, 4) is 11.1 Å². The fourth-order valence-corrected chi connectivity index (χ4v) is 5.13. The van der Waals surface area contributed by atoms with E-state index in [-0.39, 0.29) is 0 Å². The second-order valence-electron chi connectivity index (χ2n) is 9.76. The van der Waals surface area contributed by atoms with Gasteiger partial charge in [0.2, 0.25) is 11.4 Å². The molecule has 3 aromatic carbocycles. The van der Waals surface area contributed by atoms with E-state index in [2.05, 4.69) is 113 Å². The molecule has 0 aromatic heterocycles. The molecule has 0 atom stereocenters. The molecule has 2 N–H and O–H groups in total. The predicted molar refractivity (Wildman–Crippen MR) is 182 cm³/mol. The van der Waals surface area contributed by atoms with Crippen LogP contribution in [0.1, 0.15) is 56.4 Å². The summed E-state index contributed by atoms with van der Waals surface area (Å²) < 4.78 is 2.37. The minimum absolute atomic E-state index is 0.984. The first-order chi connectivity index (χ1) is 20.1. The van der Waals surface area contributed by atoms with Crippen LogP contribution in [0.4, 0.5) is 11.4 Å². The second-order valence-corrected chi connectivity index (χ2v) is 9.76. The van der Waals surface area contributed by atoms with Gasteiger partial charge in [0.05, 0.1) is 16.8 Å². The zero-order chi connectivity index (χ0) is 29.2. The lowest BCUT2D eigenvalue weighted by Gasteiger charge is -2.17. The smallest absolute Gasteiger partial charge is 0.223 e. The number of nitrogens with two attached hydrogens (primary N) is 1. The summed E-state index contributed by atoms with van der Waals surface area (Å²) in [4.78, 5) is 4.41. The van der Waals surface area contributed by atoms with E-state index in [1.165, 1.54) is 56.5 Å². The Labute approximate surface area is 245 Å². The maximum absolute atomic E-state index is 4.99. The molecule has 0 fully saturated rings. The molecule has 3 nitrogen and oxygen atoms in total. The van der Waals surface area contributed by atoms with Crippen molar-refractivity contribution in [2.75, 3.05) is 0 Å². The van der Waals surface area contributed by atoms with Gasteiger partial charge in [-0.3, -0.25) is 4.99 Å². The molecule has 0 saturated carbocycles. The Bertz CT molecular complexity index is 1620. The molecule has 0 radical (unpaired) electrons. The highest BCUT2D eigenvalue weighted by Crippen LogP contribution is 2.50. The molecule has 2 aliphatic heterocycles. The van der Waals surface area contributed by atoms with Crippen LogP contribution in [0.25, 0.3) is 28.5 Å². The van der Waals surface area contributed by atoms with E-state index in [1.54, 1.807) is 6.08 Å². The van der Waals surface area contributed by atoms with Gasteiger partial charge in [-0.25, -0.2) is 0 Å². The Balaban J connectivity index is 0.000000433. The highest BCUT2D eigenvalue weighted by atomic mass is 15.0. The standard InChI is InChI=1S/C31H25N2.C5H9N.C2H6/c1-2-3-4-8-19-33-30-21-25(29-17-18-32-29)13-15-27(30)28-16-12-24-20-23(11-14-26(24)31(28)33)22-9-6-5-7-10-22;1-5(2)3-4-6;1-2/h2-10,12-13,15-21H,11,14H2,1H3;3-4H,1,6H2,2H3;1-2H3/q+1;;/b3-2-,8-4-,33-19?;4-3-;. The van der Waals surface area contributed by atoms with E-state index in [1.807, 2.05) is 40.0 Å². The van der Waals surface area contributed by atoms with E-state index in [0.717, 1.165) is 24.1 Å². The van der Waals surface area contributed by atoms with Crippen LogP contribution in [-0.2, 0) is 6.42 Å².